The van der Waals surface area contributed by atoms with E-state index >= 15 is 0 Å². The minimum atomic E-state index is -0.511. The number of ether oxygens (including phenoxy) is 1. The van der Waals surface area contributed by atoms with E-state index in [1.165, 1.54) is 12.3 Å². The minimum absolute atomic E-state index is 0.103. The lowest BCUT2D eigenvalue weighted by Gasteiger charge is -2.08. The lowest BCUT2D eigenvalue weighted by molar-refractivity contribution is -0.386. The molecule has 106 valence electrons. The average Bonchev–Trinajstić information content (AvgIpc) is 2.52. The molecule has 2 aromatic rings. The first-order valence-corrected chi connectivity index (χ1v) is 6.09. The van der Waals surface area contributed by atoms with Gasteiger partial charge in [0, 0.05) is 18.8 Å². The number of nitro benzene ring substituents is 1. The van der Waals surface area contributed by atoms with E-state index in [2.05, 4.69) is 4.98 Å². The summed E-state index contributed by atoms with van der Waals surface area (Å²) < 4.78 is 5.49. The molecule has 1 aromatic heterocycles. The van der Waals surface area contributed by atoms with E-state index in [-0.39, 0.29) is 30.3 Å². The number of hydrogen-bond donors (Lipinski definition) is 1. The number of nitrogens with two attached hydrogens (primary N) is 1. The largest absolute Gasteiger partial charge is 0.482 e. The number of aromatic nitrogens is 1. The Hall–Kier alpha value is -2.98. The van der Waals surface area contributed by atoms with Gasteiger partial charge in [-0.25, -0.2) is 4.98 Å². The van der Waals surface area contributed by atoms with Crippen LogP contribution in [0.3, 0.4) is 0 Å². The Morgan fingerprint density at radius 2 is 2.14 bits per heavy atom. The van der Waals surface area contributed by atoms with Crippen molar-refractivity contribution in [2.24, 2.45) is 5.73 Å². The molecule has 0 aliphatic carbocycles. The highest BCUT2D eigenvalue weighted by molar-refractivity contribution is 5.48. The lowest BCUT2D eigenvalue weighted by Crippen LogP contribution is -2.02. The fourth-order valence-corrected chi connectivity index (χ4v) is 1.74. The second-order valence-corrected chi connectivity index (χ2v) is 4.21. The molecule has 0 atom stereocenters. The molecule has 0 fully saturated rings. The number of nitro groups is 1. The molecule has 0 unspecified atom stereocenters. The average molecular weight is 284 g/mol. The lowest BCUT2D eigenvalue weighted by atomic mass is 10.2. The molecule has 2 rings (SSSR count). The third kappa shape index (κ3) is 3.52. The van der Waals surface area contributed by atoms with E-state index in [0.29, 0.717) is 5.56 Å². The van der Waals surface area contributed by atoms with Crippen LogP contribution in [0.2, 0.25) is 0 Å². The zero-order valence-electron chi connectivity index (χ0n) is 11.0. The third-order valence-electron chi connectivity index (χ3n) is 2.79. The van der Waals surface area contributed by atoms with E-state index in [4.69, 9.17) is 15.7 Å². The predicted octanol–water partition coefficient (Wildman–Crippen LogP) is 1.90. The van der Waals surface area contributed by atoms with Gasteiger partial charge in [-0.05, 0) is 29.3 Å². The zero-order valence-corrected chi connectivity index (χ0v) is 11.0. The van der Waals surface area contributed by atoms with Gasteiger partial charge in [-0.2, -0.15) is 5.26 Å². The fourth-order valence-electron chi connectivity index (χ4n) is 1.74. The van der Waals surface area contributed by atoms with E-state index in [0.717, 1.165) is 5.56 Å². The Morgan fingerprint density at radius 1 is 1.33 bits per heavy atom. The van der Waals surface area contributed by atoms with Crippen LogP contribution in [0.1, 0.15) is 16.8 Å². The van der Waals surface area contributed by atoms with Crippen LogP contribution in [0.5, 0.6) is 5.75 Å². The molecule has 0 bridgehead atoms. The normalized spacial score (nSPS) is 9.90. The maximum atomic E-state index is 11.0. The number of benzene rings is 1. The van der Waals surface area contributed by atoms with Gasteiger partial charge in [-0.3, -0.25) is 10.1 Å². The summed E-state index contributed by atoms with van der Waals surface area (Å²) in [5.41, 5.74) is 7.10. The Morgan fingerprint density at radius 3 is 2.81 bits per heavy atom. The van der Waals surface area contributed by atoms with Crippen LogP contribution in [0.15, 0.2) is 36.5 Å². The van der Waals surface area contributed by atoms with Crippen molar-refractivity contribution >= 4 is 5.69 Å². The highest BCUT2D eigenvalue weighted by Gasteiger charge is 2.15. The SMILES string of the molecule is N#Cc1cc(COc2cc(CN)ccc2[N+](=O)[O-])ccn1. The first-order valence-electron chi connectivity index (χ1n) is 6.09. The summed E-state index contributed by atoms with van der Waals surface area (Å²) in [5, 5.41) is 19.8. The van der Waals surface area contributed by atoms with Crippen LogP contribution < -0.4 is 10.5 Å². The third-order valence-corrected chi connectivity index (χ3v) is 2.79. The van der Waals surface area contributed by atoms with E-state index in [1.54, 1.807) is 24.3 Å². The molecule has 1 aromatic carbocycles. The Bertz CT molecular complexity index is 710. The van der Waals surface area contributed by atoms with E-state index in [1.807, 2.05) is 6.07 Å². The highest BCUT2D eigenvalue weighted by Crippen LogP contribution is 2.28. The van der Waals surface area contributed by atoms with Gasteiger partial charge in [0.05, 0.1) is 4.92 Å². The quantitative estimate of drug-likeness (QED) is 0.662. The summed E-state index contributed by atoms with van der Waals surface area (Å²) in [5.74, 6) is 0.151. The van der Waals surface area contributed by atoms with Crippen LogP contribution in [-0.4, -0.2) is 9.91 Å². The maximum Gasteiger partial charge on any atom is 0.310 e. The number of nitriles is 1. The predicted molar refractivity (Wildman–Crippen MR) is 74.3 cm³/mol. The zero-order chi connectivity index (χ0) is 15.2. The molecule has 0 spiro atoms. The van der Waals surface area contributed by atoms with E-state index < -0.39 is 4.92 Å². The van der Waals surface area contributed by atoms with Gasteiger partial charge in [0.15, 0.2) is 5.75 Å². The van der Waals surface area contributed by atoms with Crippen LogP contribution in [0.25, 0.3) is 0 Å². The molecule has 0 saturated carbocycles. The van der Waals surface area contributed by atoms with Crippen molar-refractivity contribution in [3.05, 3.63) is 63.5 Å². The van der Waals surface area contributed by atoms with Gasteiger partial charge < -0.3 is 10.5 Å². The fraction of sp³-hybridized carbons (Fsp3) is 0.143. The van der Waals surface area contributed by atoms with Crippen LogP contribution in [-0.2, 0) is 13.2 Å². The Balaban J connectivity index is 2.22. The highest BCUT2D eigenvalue weighted by atomic mass is 16.6. The number of pyridine rings is 1. The standard InChI is InChI=1S/C14H12N4O3/c15-7-10-1-2-13(18(19)20)14(6-10)21-9-11-3-4-17-12(5-11)8-16/h1-6H,7,9,15H2. The monoisotopic (exact) mass is 284 g/mol. The van der Waals surface area contributed by atoms with Crippen molar-refractivity contribution in [2.45, 2.75) is 13.2 Å². The van der Waals surface area contributed by atoms with Crippen molar-refractivity contribution < 1.29 is 9.66 Å². The molecular weight excluding hydrogens is 272 g/mol. The molecule has 2 N–H and O–H groups in total. The van der Waals surface area contributed by atoms with Gasteiger partial charge in [0.2, 0.25) is 0 Å². The van der Waals surface area contributed by atoms with Gasteiger partial charge in [0.1, 0.15) is 18.4 Å². The van der Waals surface area contributed by atoms with Gasteiger partial charge in [-0.15, -0.1) is 0 Å². The summed E-state index contributed by atoms with van der Waals surface area (Å²) in [6, 6.07) is 9.67. The summed E-state index contributed by atoms with van der Waals surface area (Å²) in [6.07, 6.45) is 1.49. The maximum absolute atomic E-state index is 11.0. The van der Waals surface area contributed by atoms with Crippen LogP contribution >= 0.6 is 0 Å². The molecule has 0 amide bonds. The van der Waals surface area contributed by atoms with Crippen LogP contribution in [0, 0.1) is 21.4 Å². The number of rotatable bonds is 5. The molecule has 21 heavy (non-hydrogen) atoms. The summed E-state index contributed by atoms with van der Waals surface area (Å²) in [7, 11) is 0. The number of nitrogens with zero attached hydrogens (tertiary/aromatic N) is 3. The van der Waals surface area contributed by atoms with Crippen molar-refractivity contribution in [2.75, 3.05) is 0 Å². The first kappa shape index (κ1) is 14.4. The molecule has 0 aliphatic rings. The Kier molecular flexibility index (Phi) is 4.43. The van der Waals surface area contributed by atoms with Gasteiger partial charge in [0.25, 0.3) is 0 Å². The second-order valence-electron chi connectivity index (χ2n) is 4.21. The molecule has 7 nitrogen and oxygen atoms in total. The van der Waals surface area contributed by atoms with Crippen LogP contribution in [0.4, 0.5) is 5.69 Å². The summed E-state index contributed by atoms with van der Waals surface area (Å²) >= 11 is 0. The summed E-state index contributed by atoms with van der Waals surface area (Å²) in [6.45, 7) is 0.369. The second kappa shape index (κ2) is 6.45. The first-order chi connectivity index (χ1) is 10.1. The molecule has 1 heterocycles. The molecule has 0 aliphatic heterocycles. The van der Waals surface area contributed by atoms with E-state index in [9.17, 15) is 10.1 Å². The topological polar surface area (TPSA) is 115 Å². The van der Waals surface area contributed by atoms with Gasteiger partial charge in [-0.1, -0.05) is 6.07 Å². The Labute approximate surface area is 120 Å². The smallest absolute Gasteiger partial charge is 0.310 e. The summed E-state index contributed by atoms with van der Waals surface area (Å²) in [4.78, 5) is 14.3. The van der Waals surface area contributed by atoms with Gasteiger partial charge >= 0.3 is 5.69 Å². The van der Waals surface area contributed by atoms with Crippen molar-refractivity contribution in [1.82, 2.24) is 4.98 Å². The molecule has 0 saturated heterocycles. The van der Waals surface area contributed by atoms with Crippen molar-refractivity contribution in [3.63, 3.8) is 0 Å². The molecule has 7 heteroatoms. The molecule has 0 radical (unpaired) electrons. The van der Waals surface area contributed by atoms with Crippen molar-refractivity contribution in [1.29, 1.82) is 5.26 Å². The van der Waals surface area contributed by atoms with Crippen molar-refractivity contribution in [3.8, 4) is 11.8 Å². The minimum Gasteiger partial charge on any atom is -0.482 e. The molecular formula is C14H12N4O3. The number of hydrogen-bond acceptors (Lipinski definition) is 6.